The number of thiazole rings is 1. The molecule has 4 rings (SSSR count). The number of carbonyl (C=O) groups is 2. The topological polar surface area (TPSA) is 103 Å². The number of carbonyl (C=O) groups excluding carboxylic acids is 2. The molecule has 0 saturated carbocycles. The molecule has 4 N–H and O–H groups in total. The van der Waals surface area contributed by atoms with Gasteiger partial charge in [0, 0.05) is 16.9 Å². The monoisotopic (exact) mass is 422 g/mol. The Morgan fingerprint density at radius 2 is 1.63 bits per heavy atom. The Morgan fingerprint density at radius 3 is 2.37 bits per heavy atom. The number of amides is 3. The van der Waals surface area contributed by atoms with Crippen LogP contribution in [0.2, 0.25) is 0 Å². The molecule has 0 atom stereocenters. The molecule has 0 aliphatic rings. The first-order valence-corrected chi connectivity index (χ1v) is 9.62. The van der Waals surface area contributed by atoms with Crippen molar-refractivity contribution in [3.63, 3.8) is 0 Å². The molecule has 0 saturated heterocycles. The molecule has 0 unspecified atom stereocenters. The fourth-order valence-corrected chi connectivity index (χ4v) is 3.59. The minimum Gasteiger partial charge on any atom is -0.508 e. The van der Waals surface area contributed by atoms with Crippen molar-refractivity contribution >= 4 is 50.0 Å². The summed E-state index contributed by atoms with van der Waals surface area (Å²) in [6.45, 7) is 0. The zero-order valence-corrected chi connectivity index (χ0v) is 16.2. The highest BCUT2D eigenvalue weighted by Gasteiger charge is 2.10. The van der Waals surface area contributed by atoms with Gasteiger partial charge in [0.05, 0.1) is 10.2 Å². The Bertz CT molecular complexity index is 1240. The van der Waals surface area contributed by atoms with Gasteiger partial charge in [0.2, 0.25) is 0 Å². The zero-order valence-electron chi connectivity index (χ0n) is 15.3. The molecule has 150 valence electrons. The second-order valence-corrected chi connectivity index (χ2v) is 7.32. The van der Waals surface area contributed by atoms with Crippen LogP contribution in [0.25, 0.3) is 10.2 Å². The lowest BCUT2D eigenvalue weighted by Gasteiger charge is -2.08. The Hall–Kier alpha value is -3.98. The third-order valence-electron chi connectivity index (χ3n) is 4.08. The summed E-state index contributed by atoms with van der Waals surface area (Å²) >= 11 is 1.24. The van der Waals surface area contributed by atoms with Crippen molar-refractivity contribution in [1.82, 2.24) is 4.98 Å². The largest absolute Gasteiger partial charge is 0.508 e. The van der Waals surface area contributed by atoms with Gasteiger partial charge in [-0.1, -0.05) is 17.4 Å². The van der Waals surface area contributed by atoms with Crippen molar-refractivity contribution < 1.29 is 19.1 Å². The van der Waals surface area contributed by atoms with E-state index in [9.17, 15) is 19.1 Å². The first-order valence-electron chi connectivity index (χ1n) is 8.81. The maximum Gasteiger partial charge on any atom is 0.325 e. The molecule has 0 aliphatic carbocycles. The molecule has 1 heterocycles. The number of hydrogen-bond donors (Lipinski definition) is 4. The summed E-state index contributed by atoms with van der Waals surface area (Å²) in [5, 5.41) is 17.9. The van der Waals surface area contributed by atoms with E-state index < -0.39 is 17.8 Å². The van der Waals surface area contributed by atoms with Crippen LogP contribution in [0.5, 0.6) is 5.75 Å². The number of aromatic hydroxyl groups is 1. The fraction of sp³-hybridized carbons (Fsp3) is 0. The van der Waals surface area contributed by atoms with Crippen LogP contribution < -0.4 is 16.0 Å². The number of phenolic OH excluding ortho intramolecular Hbond substituents is 1. The second kappa shape index (κ2) is 8.18. The number of halogens is 1. The third kappa shape index (κ3) is 4.53. The number of benzene rings is 3. The molecule has 30 heavy (non-hydrogen) atoms. The highest BCUT2D eigenvalue weighted by atomic mass is 32.1. The molecule has 3 amide bonds. The molecular weight excluding hydrogens is 407 g/mol. The maximum absolute atomic E-state index is 13.2. The number of phenols is 1. The fourth-order valence-electron chi connectivity index (χ4n) is 2.70. The van der Waals surface area contributed by atoms with Crippen molar-refractivity contribution in [2.24, 2.45) is 0 Å². The zero-order chi connectivity index (χ0) is 21.1. The molecule has 9 heteroatoms. The Kier molecular flexibility index (Phi) is 5.27. The van der Waals surface area contributed by atoms with Crippen molar-refractivity contribution in [2.75, 3.05) is 16.0 Å². The molecule has 0 fully saturated rings. The summed E-state index contributed by atoms with van der Waals surface area (Å²) in [6.07, 6.45) is 0. The predicted molar refractivity (Wildman–Crippen MR) is 115 cm³/mol. The quantitative estimate of drug-likeness (QED) is 0.370. The normalized spacial score (nSPS) is 10.6. The van der Waals surface area contributed by atoms with Gasteiger partial charge in [0.15, 0.2) is 5.13 Å². The van der Waals surface area contributed by atoms with Crippen LogP contribution in [0.15, 0.2) is 66.7 Å². The summed E-state index contributed by atoms with van der Waals surface area (Å²) in [6, 6.07) is 16.2. The average molecular weight is 422 g/mol. The lowest BCUT2D eigenvalue weighted by Crippen LogP contribution is -2.19. The first-order chi connectivity index (χ1) is 14.5. The highest BCUT2D eigenvalue weighted by Crippen LogP contribution is 2.28. The Labute approximate surface area is 174 Å². The van der Waals surface area contributed by atoms with E-state index in [1.54, 1.807) is 36.4 Å². The van der Waals surface area contributed by atoms with Gasteiger partial charge in [0.25, 0.3) is 5.91 Å². The van der Waals surface area contributed by atoms with Gasteiger partial charge in [0.1, 0.15) is 11.6 Å². The Morgan fingerprint density at radius 1 is 0.900 bits per heavy atom. The Balaban J connectivity index is 1.36. The molecular formula is C21H15FN4O3S. The number of aromatic nitrogens is 1. The smallest absolute Gasteiger partial charge is 0.325 e. The lowest BCUT2D eigenvalue weighted by molar-refractivity contribution is 0.102. The number of hydrogen-bond acceptors (Lipinski definition) is 5. The number of anilines is 3. The molecule has 1 aromatic heterocycles. The maximum atomic E-state index is 13.2. The van der Waals surface area contributed by atoms with Crippen LogP contribution in [-0.2, 0) is 0 Å². The summed E-state index contributed by atoms with van der Waals surface area (Å²) in [7, 11) is 0. The van der Waals surface area contributed by atoms with Crippen molar-refractivity contribution in [3.05, 3.63) is 78.1 Å². The third-order valence-corrected chi connectivity index (χ3v) is 5.01. The van der Waals surface area contributed by atoms with Crippen LogP contribution in [0.3, 0.4) is 0 Å². The van der Waals surface area contributed by atoms with E-state index >= 15 is 0 Å². The number of fused-ring (bicyclic) bond motifs is 1. The first kappa shape index (κ1) is 19.3. The minimum atomic E-state index is -0.488. The number of urea groups is 1. The van der Waals surface area contributed by atoms with E-state index in [4.69, 9.17) is 0 Å². The van der Waals surface area contributed by atoms with Gasteiger partial charge in [-0.05, 0) is 60.7 Å². The van der Waals surface area contributed by atoms with E-state index in [2.05, 4.69) is 20.9 Å². The SMILES string of the molecule is O=C(Nc1ccc(NC(=O)c2cccc(F)c2)cc1)Nc1nc2ccc(O)cc2s1. The molecule has 3 aromatic carbocycles. The number of nitrogens with one attached hydrogen (secondary N) is 3. The van der Waals surface area contributed by atoms with Crippen LogP contribution in [0, 0.1) is 5.82 Å². The number of nitrogens with zero attached hydrogens (tertiary/aromatic N) is 1. The summed E-state index contributed by atoms with van der Waals surface area (Å²) < 4.78 is 14.0. The van der Waals surface area contributed by atoms with Crippen molar-refractivity contribution in [1.29, 1.82) is 0 Å². The number of rotatable bonds is 4. The molecule has 0 spiro atoms. The van der Waals surface area contributed by atoms with Gasteiger partial charge in [-0.3, -0.25) is 10.1 Å². The van der Waals surface area contributed by atoms with E-state index in [0.717, 1.165) is 10.8 Å². The van der Waals surface area contributed by atoms with Crippen LogP contribution >= 0.6 is 11.3 Å². The molecule has 0 radical (unpaired) electrons. The second-order valence-electron chi connectivity index (χ2n) is 6.29. The molecule has 4 aromatic rings. The van der Waals surface area contributed by atoms with Crippen LogP contribution in [0.4, 0.5) is 25.7 Å². The van der Waals surface area contributed by atoms with Crippen molar-refractivity contribution in [2.45, 2.75) is 0 Å². The van der Waals surface area contributed by atoms with E-state index in [0.29, 0.717) is 22.0 Å². The van der Waals surface area contributed by atoms with Gasteiger partial charge in [-0.15, -0.1) is 0 Å². The van der Waals surface area contributed by atoms with Gasteiger partial charge < -0.3 is 15.7 Å². The van der Waals surface area contributed by atoms with Crippen LogP contribution in [-0.4, -0.2) is 22.0 Å². The molecule has 0 bridgehead atoms. The van der Waals surface area contributed by atoms with E-state index in [-0.39, 0.29) is 11.3 Å². The summed E-state index contributed by atoms with van der Waals surface area (Å²) in [5.74, 6) is -0.792. The average Bonchev–Trinajstić information content (AvgIpc) is 3.10. The lowest BCUT2D eigenvalue weighted by atomic mass is 10.2. The molecule has 0 aliphatic heterocycles. The summed E-state index contributed by atoms with van der Waals surface area (Å²) in [5.41, 5.74) is 1.89. The highest BCUT2D eigenvalue weighted by molar-refractivity contribution is 7.22. The van der Waals surface area contributed by atoms with E-state index in [1.807, 2.05) is 0 Å². The summed E-state index contributed by atoms with van der Waals surface area (Å²) in [4.78, 5) is 28.6. The standard InChI is InChI=1S/C21H15FN4O3S/c22-13-3-1-2-12(10-13)19(28)23-14-4-6-15(7-5-14)24-20(29)26-21-25-17-9-8-16(27)11-18(17)30-21/h1-11,27H,(H,23,28)(H2,24,25,26,29). The van der Waals surface area contributed by atoms with Crippen molar-refractivity contribution in [3.8, 4) is 5.75 Å². The molecule has 7 nitrogen and oxygen atoms in total. The minimum absolute atomic E-state index is 0.131. The van der Waals surface area contributed by atoms with E-state index in [1.165, 1.54) is 35.6 Å². The predicted octanol–water partition coefficient (Wildman–Crippen LogP) is 5.04. The van der Waals surface area contributed by atoms with Crippen LogP contribution in [0.1, 0.15) is 10.4 Å². The van der Waals surface area contributed by atoms with Gasteiger partial charge in [-0.25, -0.2) is 14.2 Å². The van der Waals surface area contributed by atoms with Gasteiger partial charge >= 0.3 is 6.03 Å². The van der Waals surface area contributed by atoms with Gasteiger partial charge in [-0.2, -0.15) is 0 Å².